The fraction of sp³-hybridized carbons (Fsp3) is 0.526. The van der Waals surface area contributed by atoms with E-state index < -0.39 is 0 Å². The first-order chi connectivity index (χ1) is 12.1. The van der Waals surface area contributed by atoms with Crippen LogP contribution in [-0.4, -0.2) is 60.2 Å². The number of hydrogen-bond donors (Lipinski definition) is 1. The zero-order valence-corrected chi connectivity index (χ0v) is 15.1. The Morgan fingerprint density at radius 1 is 1.04 bits per heavy atom. The van der Waals surface area contributed by atoms with E-state index in [0.29, 0.717) is 17.7 Å². The van der Waals surface area contributed by atoms with E-state index in [0.717, 1.165) is 37.4 Å². The molecule has 0 radical (unpaired) electrons. The monoisotopic (exact) mass is 345 g/mol. The third-order valence-corrected chi connectivity index (χ3v) is 4.56. The van der Waals surface area contributed by atoms with Crippen LogP contribution in [0.5, 0.6) is 0 Å². The molecule has 1 N–H and O–H groups in total. The van der Waals surface area contributed by atoms with E-state index >= 15 is 0 Å². The molecule has 0 saturated carbocycles. The van der Waals surface area contributed by atoms with Crippen LogP contribution in [0.15, 0.2) is 24.3 Å². The van der Waals surface area contributed by atoms with Crippen molar-refractivity contribution in [3.63, 3.8) is 0 Å². The van der Waals surface area contributed by atoms with Crippen molar-refractivity contribution in [3.05, 3.63) is 35.4 Å². The lowest BCUT2D eigenvalue weighted by Gasteiger charge is -2.17. The Hall–Kier alpha value is -2.21. The minimum atomic E-state index is -0.312. The van der Waals surface area contributed by atoms with Crippen LogP contribution in [0.3, 0.4) is 0 Å². The maximum absolute atomic E-state index is 12.2. The summed E-state index contributed by atoms with van der Waals surface area (Å²) in [5.74, 6) is -0.750. The van der Waals surface area contributed by atoms with E-state index in [4.69, 9.17) is 0 Å². The lowest BCUT2D eigenvalue weighted by molar-refractivity contribution is -0.121. The molecule has 1 aromatic rings. The molecular formula is C19H27N3O3. The third kappa shape index (κ3) is 4.89. The molecule has 136 valence electrons. The molecule has 2 rings (SSSR count). The first-order valence-corrected chi connectivity index (χ1v) is 9.02. The smallest absolute Gasteiger partial charge is 0.261 e. The van der Waals surface area contributed by atoms with Crippen LogP contribution in [-0.2, 0) is 4.79 Å². The molecule has 0 aromatic heterocycles. The number of carbonyl (C=O) groups excluding carboxylic acids is 3. The molecule has 25 heavy (non-hydrogen) atoms. The van der Waals surface area contributed by atoms with Crippen molar-refractivity contribution in [2.45, 2.75) is 33.1 Å². The predicted molar refractivity (Wildman–Crippen MR) is 96.5 cm³/mol. The summed E-state index contributed by atoms with van der Waals surface area (Å²) in [6.07, 6.45) is 2.11. The number of hydrogen-bond acceptors (Lipinski definition) is 4. The van der Waals surface area contributed by atoms with Crippen molar-refractivity contribution in [2.75, 3.05) is 32.7 Å². The molecule has 6 nitrogen and oxygen atoms in total. The van der Waals surface area contributed by atoms with E-state index in [9.17, 15) is 14.4 Å². The second-order valence-corrected chi connectivity index (χ2v) is 6.14. The second kappa shape index (κ2) is 9.32. The van der Waals surface area contributed by atoms with Crippen molar-refractivity contribution in [2.24, 2.45) is 0 Å². The normalized spacial score (nSPS) is 13.5. The summed E-state index contributed by atoms with van der Waals surface area (Å²) in [7, 11) is 0. The van der Waals surface area contributed by atoms with Gasteiger partial charge in [0.15, 0.2) is 0 Å². The first-order valence-electron chi connectivity index (χ1n) is 9.02. The SMILES string of the molecule is CCN(CC)CCCCNC(=O)CCN1C(=O)c2ccccc2C1=O. The zero-order valence-electron chi connectivity index (χ0n) is 15.1. The third-order valence-electron chi connectivity index (χ3n) is 4.56. The first kappa shape index (κ1) is 19.1. The van der Waals surface area contributed by atoms with Crippen LogP contribution in [0.2, 0.25) is 0 Å². The predicted octanol–water partition coefficient (Wildman–Crippen LogP) is 1.91. The molecule has 3 amide bonds. The lowest BCUT2D eigenvalue weighted by Crippen LogP contribution is -2.35. The van der Waals surface area contributed by atoms with Crippen LogP contribution in [0, 0.1) is 0 Å². The van der Waals surface area contributed by atoms with Gasteiger partial charge in [0, 0.05) is 19.5 Å². The van der Waals surface area contributed by atoms with Gasteiger partial charge in [0.2, 0.25) is 5.91 Å². The Labute approximate surface area is 149 Å². The number of benzene rings is 1. The molecule has 0 aliphatic carbocycles. The highest BCUT2D eigenvalue weighted by molar-refractivity contribution is 6.21. The molecule has 0 spiro atoms. The van der Waals surface area contributed by atoms with E-state index in [1.54, 1.807) is 24.3 Å². The number of rotatable bonds is 10. The standard InChI is InChI=1S/C19H27N3O3/c1-3-21(4-2)13-8-7-12-20-17(23)11-14-22-18(24)15-9-5-6-10-16(15)19(22)25/h5-6,9-10H,3-4,7-8,11-14H2,1-2H3,(H,20,23). The lowest BCUT2D eigenvalue weighted by atomic mass is 10.1. The van der Waals surface area contributed by atoms with Gasteiger partial charge in [0.05, 0.1) is 11.1 Å². The van der Waals surface area contributed by atoms with Crippen molar-refractivity contribution in [1.29, 1.82) is 0 Å². The zero-order chi connectivity index (χ0) is 18.2. The van der Waals surface area contributed by atoms with E-state index in [-0.39, 0.29) is 30.7 Å². The summed E-state index contributed by atoms with van der Waals surface area (Å²) < 4.78 is 0. The molecule has 0 fully saturated rings. The maximum atomic E-state index is 12.2. The second-order valence-electron chi connectivity index (χ2n) is 6.14. The summed E-state index contributed by atoms with van der Waals surface area (Å²) in [5, 5.41) is 2.86. The topological polar surface area (TPSA) is 69.7 Å². The average Bonchev–Trinajstić information content (AvgIpc) is 2.87. The van der Waals surface area contributed by atoms with Gasteiger partial charge < -0.3 is 10.2 Å². The molecule has 1 aliphatic heterocycles. The van der Waals surface area contributed by atoms with Gasteiger partial charge in [-0.1, -0.05) is 26.0 Å². The molecule has 0 atom stereocenters. The molecule has 0 saturated heterocycles. The van der Waals surface area contributed by atoms with Crippen LogP contribution >= 0.6 is 0 Å². The Balaban J connectivity index is 1.68. The number of unbranched alkanes of at least 4 members (excludes halogenated alkanes) is 1. The van der Waals surface area contributed by atoms with Crippen molar-refractivity contribution in [3.8, 4) is 0 Å². The minimum absolute atomic E-state index is 0.123. The molecule has 1 aliphatic rings. The van der Waals surface area contributed by atoms with E-state index in [1.165, 1.54) is 0 Å². The Bertz CT molecular complexity index is 591. The average molecular weight is 345 g/mol. The van der Waals surface area contributed by atoms with E-state index in [1.807, 2.05) is 0 Å². The van der Waals surface area contributed by atoms with Gasteiger partial charge >= 0.3 is 0 Å². The van der Waals surface area contributed by atoms with Crippen LogP contribution in [0.25, 0.3) is 0 Å². The highest BCUT2D eigenvalue weighted by atomic mass is 16.2. The Kier molecular flexibility index (Phi) is 7.13. The molecule has 6 heteroatoms. The summed E-state index contributed by atoms with van der Waals surface area (Å²) >= 11 is 0. The highest BCUT2D eigenvalue weighted by Gasteiger charge is 2.34. The fourth-order valence-corrected chi connectivity index (χ4v) is 2.97. The van der Waals surface area contributed by atoms with Gasteiger partial charge in [-0.15, -0.1) is 0 Å². The van der Waals surface area contributed by atoms with E-state index in [2.05, 4.69) is 24.1 Å². The molecule has 0 unspecified atom stereocenters. The number of fused-ring (bicyclic) bond motifs is 1. The summed E-state index contributed by atoms with van der Waals surface area (Å²) in [6, 6.07) is 6.76. The quantitative estimate of drug-likeness (QED) is 0.519. The van der Waals surface area contributed by atoms with Gasteiger partial charge in [-0.25, -0.2) is 0 Å². The Morgan fingerprint density at radius 3 is 2.20 bits per heavy atom. The van der Waals surface area contributed by atoms with Crippen molar-refractivity contribution in [1.82, 2.24) is 15.1 Å². The maximum Gasteiger partial charge on any atom is 0.261 e. The fourth-order valence-electron chi connectivity index (χ4n) is 2.97. The van der Waals surface area contributed by atoms with Gasteiger partial charge in [0.25, 0.3) is 11.8 Å². The number of nitrogens with one attached hydrogen (secondary N) is 1. The molecular weight excluding hydrogens is 318 g/mol. The highest BCUT2D eigenvalue weighted by Crippen LogP contribution is 2.22. The van der Waals surface area contributed by atoms with Crippen molar-refractivity contribution >= 4 is 17.7 Å². The van der Waals surface area contributed by atoms with Crippen LogP contribution in [0.4, 0.5) is 0 Å². The number of nitrogens with zero attached hydrogens (tertiary/aromatic N) is 2. The minimum Gasteiger partial charge on any atom is -0.356 e. The van der Waals surface area contributed by atoms with Crippen LogP contribution in [0.1, 0.15) is 53.8 Å². The van der Waals surface area contributed by atoms with Gasteiger partial charge in [-0.3, -0.25) is 19.3 Å². The number of carbonyl (C=O) groups is 3. The largest absolute Gasteiger partial charge is 0.356 e. The van der Waals surface area contributed by atoms with Crippen LogP contribution < -0.4 is 5.32 Å². The summed E-state index contributed by atoms with van der Waals surface area (Å²) in [5.41, 5.74) is 0.841. The molecule has 0 bridgehead atoms. The number of imide groups is 1. The van der Waals surface area contributed by atoms with Crippen molar-refractivity contribution < 1.29 is 14.4 Å². The Morgan fingerprint density at radius 2 is 1.64 bits per heavy atom. The van der Waals surface area contributed by atoms with Gasteiger partial charge in [-0.05, 0) is 44.6 Å². The number of amides is 3. The summed E-state index contributed by atoms with van der Waals surface area (Å²) in [4.78, 5) is 39.9. The molecule has 1 aromatic carbocycles. The summed E-state index contributed by atoms with van der Waals surface area (Å²) in [6.45, 7) is 8.17. The van der Waals surface area contributed by atoms with Gasteiger partial charge in [0.1, 0.15) is 0 Å². The molecule has 1 heterocycles. The van der Waals surface area contributed by atoms with Gasteiger partial charge in [-0.2, -0.15) is 0 Å².